The summed E-state index contributed by atoms with van der Waals surface area (Å²) in [5, 5.41) is 3.93. The fourth-order valence-electron chi connectivity index (χ4n) is 1.17. The van der Waals surface area contributed by atoms with E-state index >= 15 is 0 Å². The predicted molar refractivity (Wildman–Crippen MR) is 54.2 cm³/mol. The minimum Gasteiger partial charge on any atom is -0.236 e. The molecule has 2 aromatic rings. The number of hydrogen-bond donors (Lipinski definition) is 0. The number of hydrogen-bond acceptors (Lipinski definition) is 3. The lowest BCUT2D eigenvalue weighted by Gasteiger charge is -2.06. The summed E-state index contributed by atoms with van der Waals surface area (Å²) in [6.45, 7) is 3.48. The number of halogens is 3. The van der Waals surface area contributed by atoms with Gasteiger partial charge in [0.25, 0.3) is 0 Å². The molecule has 0 aromatic carbocycles. The van der Waals surface area contributed by atoms with Crippen molar-refractivity contribution < 1.29 is 13.2 Å². The minimum absolute atomic E-state index is 0.263. The molecule has 0 radical (unpaired) electrons. The quantitative estimate of drug-likeness (QED) is 0.809. The summed E-state index contributed by atoms with van der Waals surface area (Å²) in [6, 6.07) is 2.17. The molecular weight excluding hydrogens is 233 g/mol. The van der Waals surface area contributed by atoms with Crippen LogP contribution >= 0.6 is 0 Å². The van der Waals surface area contributed by atoms with Crippen LogP contribution in [0, 0.1) is 0 Å². The predicted octanol–water partition coefficient (Wildman–Crippen LogP) is 2.32. The van der Waals surface area contributed by atoms with Crippen molar-refractivity contribution >= 4 is 6.08 Å². The molecule has 0 unspecified atom stereocenters. The average molecular weight is 240 g/mol. The van der Waals surface area contributed by atoms with Crippen LogP contribution in [-0.2, 0) is 6.18 Å². The third-order valence-electron chi connectivity index (χ3n) is 2.00. The molecule has 0 N–H and O–H groups in total. The van der Waals surface area contributed by atoms with E-state index in [9.17, 15) is 13.2 Å². The van der Waals surface area contributed by atoms with Crippen LogP contribution in [0.1, 0.15) is 11.4 Å². The monoisotopic (exact) mass is 240 g/mol. The third kappa shape index (κ3) is 2.32. The normalized spacial score (nSPS) is 11.5. The van der Waals surface area contributed by atoms with Gasteiger partial charge in [-0.1, -0.05) is 6.58 Å². The van der Waals surface area contributed by atoms with E-state index in [1.54, 1.807) is 0 Å². The van der Waals surface area contributed by atoms with E-state index < -0.39 is 11.7 Å². The molecule has 88 valence electrons. The summed E-state index contributed by atoms with van der Waals surface area (Å²) in [5.41, 5.74) is -0.801. The largest absolute Gasteiger partial charge is 0.417 e. The van der Waals surface area contributed by atoms with Gasteiger partial charge in [-0.3, -0.25) is 0 Å². The molecule has 0 amide bonds. The highest BCUT2D eigenvalue weighted by atomic mass is 19.4. The maximum atomic E-state index is 12.3. The summed E-state index contributed by atoms with van der Waals surface area (Å²) >= 11 is 0. The van der Waals surface area contributed by atoms with E-state index in [0.717, 1.165) is 12.3 Å². The van der Waals surface area contributed by atoms with Crippen molar-refractivity contribution in [1.29, 1.82) is 0 Å². The Bertz CT molecular complexity index is 527. The minimum atomic E-state index is -4.39. The maximum Gasteiger partial charge on any atom is 0.417 e. The van der Waals surface area contributed by atoms with Crippen LogP contribution in [0.25, 0.3) is 11.9 Å². The van der Waals surface area contributed by atoms with Gasteiger partial charge in [-0.25, -0.2) is 14.6 Å². The number of nitrogens with zero attached hydrogens (tertiary/aromatic N) is 4. The highest BCUT2D eigenvalue weighted by Gasteiger charge is 2.30. The van der Waals surface area contributed by atoms with Gasteiger partial charge in [0.05, 0.1) is 5.56 Å². The van der Waals surface area contributed by atoms with Gasteiger partial charge in [-0.15, -0.1) is 5.10 Å². The Labute approximate surface area is 94.4 Å². The van der Waals surface area contributed by atoms with Gasteiger partial charge in [0.1, 0.15) is 6.33 Å². The molecule has 17 heavy (non-hydrogen) atoms. The molecule has 0 fully saturated rings. The lowest BCUT2D eigenvalue weighted by atomic mass is 10.3. The molecule has 0 saturated carbocycles. The summed E-state index contributed by atoms with van der Waals surface area (Å²) in [6.07, 6.45) is -0.849. The van der Waals surface area contributed by atoms with Gasteiger partial charge in [0.2, 0.25) is 0 Å². The molecule has 0 aliphatic heterocycles. The van der Waals surface area contributed by atoms with Crippen LogP contribution in [0.5, 0.6) is 0 Å². The molecule has 0 aliphatic carbocycles. The lowest BCUT2D eigenvalue weighted by Crippen LogP contribution is -2.07. The summed E-state index contributed by atoms with van der Waals surface area (Å²) in [7, 11) is 0. The Balaban J connectivity index is 2.32. The Hall–Kier alpha value is -2.18. The SMILES string of the molecule is C=Cc1ncn(-c2ccc(C(F)(F)F)cn2)n1. The molecule has 2 rings (SSSR count). The van der Waals surface area contributed by atoms with Crippen LogP contribution in [-0.4, -0.2) is 19.7 Å². The highest BCUT2D eigenvalue weighted by Crippen LogP contribution is 2.28. The lowest BCUT2D eigenvalue weighted by molar-refractivity contribution is -0.137. The second-order valence-electron chi connectivity index (χ2n) is 3.15. The first kappa shape index (κ1) is 11.3. The van der Waals surface area contributed by atoms with Gasteiger partial charge in [-0.05, 0) is 18.2 Å². The second kappa shape index (κ2) is 4.00. The van der Waals surface area contributed by atoms with Crippen molar-refractivity contribution in [3.8, 4) is 5.82 Å². The van der Waals surface area contributed by atoms with Crippen molar-refractivity contribution in [1.82, 2.24) is 19.7 Å². The third-order valence-corrected chi connectivity index (χ3v) is 2.00. The first-order valence-corrected chi connectivity index (χ1v) is 4.58. The Morgan fingerprint density at radius 3 is 2.47 bits per heavy atom. The molecule has 0 atom stereocenters. The van der Waals surface area contributed by atoms with Crippen LogP contribution < -0.4 is 0 Å². The Kier molecular flexibility index (Phi) is 2.66. The zero-order valence-corrected chi connectivity index (χ0v) is 8.52. The number of pyridine rings is 1. The Morgan fingerprint density at radius 1 is 1.24 bits per heavy atom. The van der Waals surface area contributed by atoms with E-state index in [-0.39, 0.29) is 5.82 Å². The van der Waals surface area contributed by atoms with Crippen LogP contribution in [0.3, 0.4) is 0 Å². The van der Waals surface area contributed by atoms with E-state index in [2.05, 4.69) is 21.6 Å². The molecule has 4 nitrogen and oxygen atoms in total. The molecule has 0 spiro atoms. The van der Waals surface area contributed by atoms with Crippen molar-refractivity contribution in [2.75, 3.05) is 0 Å². The van der Waals surface area contributed by atoms with E-state index in [0.29, 0.717) is 5.82 Å². The van der Waals surface area contributed by atoms with Crippen LogP contribution in [0.4, 0.5) is 13.2 Å². The van der Waals surface area contributed by atoms with E-state index in [4.69, 9.17) is 0 Å². The number of alkyl halides is 3. The van der Waals surface area contributed by atoms with Crippen LogP contribution in [0.2, 0.25) is 0 Å². The smallest absolute Gasteiger partial charge is 0.236 e. The van der Waals surface area contributed by atoms with Crippen molar-refractivity contribution in [2.24, 2.45) is 0 Å². The van der Waals surface area contributed by atoms with E-state index in [1.165, 1.54) is 23.2 Å². The average Bonchev–Trinajstić information content (AvgIpc) is 2.76. The fraction of sp³-hybridized carbons (Fsp3) is 0.100. The number of rotatable bonds is 2. The molecule has 0 bridgehead atoms. The summed E-state index contributed by atoms with van der Waals surface area (Å²) in [5.74, 6) is 0.644. The van der Waals surface area contributed by atoms with Crippen molar-refractivity contribution in [2.45, 2.75) is 6.18 Å². The van der Waals surface area contributed by atoms with Crippen molar-refractivity contribution in [3.05, 3.63) is 42.6 Å². The van der Waals surface area contributed by atoms with Gasteiger partial charge < -0.3 is 0 Å². The van der Waals surface area contributed by atoms with Crippen LogP contribution in [0.15, 0.2) is 31.2 Å². The highest BCUT2D eigenvalue weighted by molar-refractivity contribution is 5.35. The van der Waals surface area contributed by atoms with Crippen molar-refractivity contribution in [3.63, 3.8) is 0 Å². The van der Waals surface area contributed by atoms with Gasteiger partial charge in [-0.2, -0.15) is 13.2 Å². The first-order valence-electron chi connectivity index (χ1n) is 4.58. The first-order chi connectivity index (χ1) is 8.00. The summed E-state index contributed by atoms with van der Waals surface area (Å²) < 4.78 is 38.2. The molecule has 2 aromatic heterocycles. The standard InChI is InChI=1S/C10H7F3N4/c1-2-8-15-6-17(16-8)9-4-3-7(5-14-9)10(11,12)13/h2-6H,1H2. The zero-order chi connectivity index (χ0) is 12.5. The molecular formula is C10H7F3N4. The topological polar surface area (TPSA) is 43.6 Å². The van der Waals surface area contributed by atoms with Gasteiger partial charge >= 0.3 is 6.18 Å². The molecule has 2 heterocycles. The molecule has 0 aliphatic rings. The van der Waals surface area contributed by atoms with E-state index in [1.807, 2.05) is 0 Å². The van der Waals surface area contributed by atoms with Gasteiger partial charge in [0, 0.05) is 6.20 Å². The summed E-state index contributed by atoms with van der Waals surface area (Å²) in [4.78, 5) is 7.52. The Morgan fingerprint density at radius 2 is 2.00 bits per heavy atom. The fourth-order valence-corrected chi connectivity index (χ4v) is 1.17. The van der Waals surface area contributed by atoms with Gasteiger partial charge in [0.15, 0.2) is 11.6 Å². The molecule has 0 saturated heterocycles. The zero-order valence-electron chi connectivity index (χ0n) is 8.52. The molecule has 7 heteroatoms. The number of aromatic nitrogens is 4. The second-order valence-corrected chi connectivity index (χ2v) is 3.15. The maximum absolute atomic E-state index is 12.3.